The number of aryl methyl sites for hydroxylation is 1. The Balaban J connectivity index is 1.36. The first kappa shape index (κ1) is 19.3. The molecule has 0 unspecified atom stereocenters. The number of carbonyl (C=O) groups is 1. The van der Waals surface area contributed by atoms with Crippen LogP contribution in [0.15, 0.2) is 56.3 Å². The highest BCUT2D eigenvalue weighted by Gasteiger charge is 2.25. The van der Waals surface area contributed by atoms with Crippen LogP contribution in [0.2, 0.25) is 0 Å². The largest absolute Gasteiger partial charge is 0.484 e. The fourth-order valence-corrected chi connectivity index (χ4v) is 3.75. The number of nitrogens with one attached hydrogen (secondary N) is 1. The van der Waals surface area contributed by atoms with Gasteiger partial charge in [-0.25, -0.2) is 4.79 Å². The molecule has 3 aromatic rings. The molecule has 4 rings (SSSR count). The number of hydrogen-bond donors (Lipinski definition) is 1. The molecule has 0 aliphatic carbocycles. The molecule has 7 nitrogen and oxygen atoms in total. The molecule has 1 amide bonds. The van der Waals surface area contributed by atoms with Crippen LogP contribution in [0.5, 0.6) is 5.75 Å². The van der Waals surface area contributed by atoms with Crippen LogP contribution in [-0.4, -0.2) is 37.0 Å². The van der Waals surface area contributed by atoms with Crippen molar-refractivity contribution >= 4 is 16.9 Å². The minimum atomic E-state index is -0.407. The summed E-state index contributed by atoms with van der Waals surface area (Å²) in [5.41, 5.74) is 0.877. The number of furan rings is 1. The lowest BCUT2D eigenvalue weighted by Gasteiger charge is -2.26. The van der Waals surface area contributed by atoms with Gasteiger partial charge in [0.25, 0.3) is 5.91 Å². The Bertz CT molecular complexity index is 1040. The summed E-state index contributed by atoms with van der Waals surface area (Å²) < 4.78 is 16.4. The van der Waals surface area contributed by atoms with E-state index >= 15 is 0 Å². The molecular weight excluding hydrogens is 372 g/mol. The van der Waals surface area contributed by atoms with Crippen molar-refractivity contribution in [1.29, 1.82) is 0 Å². The summed E-state index contributed by atoms with van der Waals surface area (Å²) >= 11 is 0. The maximum Gasteiger partial charge on any atom is 0.336 e. The van der Waals surface area contributed by atoms with E-state index in [-0.39, 0.29) is 18.6 Å². The van der Waals surface area contributed by atoms with Crippen molar-refractivity contribution in [2.45, 2.75) is 25.8 Å². The van der Waals surface area contributed by atoms with Gasteiger partial charge in [0.2, 0.25) is 0 Å². The van der Waals surface area contributed by atoms with E-state index in [2.05, 4.69) is 10.2 Å². The molecule has 3 heterocycles. The maximum atomic E-state index is 12.3. The van der Waals surface area contributed by atoms with Crippen molar-refractivity contribution in [3.63, 3.8) is 0 Å². The summed E-state index contributed by atoms with van der Waals surface area (Å²) in [6.07, 6.45) is 3.97. The summed E-state index contributed by atoms with van der Waals surface area (Å²) in [6.45, 7) is 4.19. The molecule has 1 aromatic carbocycles. The SMILES string of the molecule is Cc1cc(=O)oc2cc(OCC(=O)NC[C@H](c3ccco3)N3CCCC3)ccc12. The van der Waals surface area contributed by atoms with E-state index in [4.69, 9.17) is 13.6 Å². The Morgan fingerprint density at radius 3 is 2.83 bits per heavy atom. The average molecular weight is 396 g/mol. The second-order valence-corrected chi connectivity index (χ2v) is 7.27. The zero-order chi connectivity index (χ0) is 20.2. The zero-order valence-corrected chi connectivity index (χ0v) is 16.3. The van der Waals surface area contributed by atoms with Crippen LogP contribution in [0, 0.1) is 6.92 Å². The molecular formula is C22H24N2O5. The van der Waals surface area contributed by atoms with Crippen LogP contribution in [0.3, 0.4) is 0 Å². The van der Waals surface area contributed by atoms with Gasteiger partial charge in [0.15, 0.2) is 6.61 Å². The second-order valence-electron chi connectivity index (χ2n) is 7.27. The molecule has 29 heavy (non-hydrogen) atoms. The highest BCUT2D eigenvalue weighted by atomic mass is 16.5. The van der Waals surface area contributed by atoms with E-state index in [1.54, 1.807) is 18.4 Å². The lowest BCUT2D eigenvalue weighted by atomic mass is 10.1. The molecule has 0 saturated carbocycles. The Morgan fingerprint density at radius 1 is 1.24 bits per heavy atom. The van der Waals surface area contributed by atoms with Gasteiger partial charge in [-0.05, 0) is 62.7 Å². The number of benzene rings is 1. The normalized spacial score (nSPS) is 15.5. The van der Waals surface area contributed by atoms with Crippen molar-refractivity contribution < 1.29 is 18.4 Å². The maximum absolute atomic E-state index is 12.3. The highest BCUT2D eigenvalue weighted by molar-refractivity contribution is 5.81. The Hall–Kier alpha value is -3.06. The third kappa shape index (κ3) is 4.51. The first-order chi connectivity index (χ1) is 14.1. The van der Waals surface area contributed by atoms with Gasteiger partial charge >= 0.3 is 5.63 Å². The van der Waals surface area contributed by atoms with Gasteiger partial charge in [0.05, 0.1) is 12.3 Å². The summed E-state index contributed by atoms with van der Waals surface area (Å²) in [6, 6.07) is 10.5. The molecule has 1 saturated heterocycles. The fraction of sp³-hybridized carbons (Fsp3) is 0.364. The summed E-state index contributed by atoms with van der Waals surface area (Å²) in [4.78, 5) is 26.2. The number of fused-ring (bicyclic) bond motifs is 1. The number of rotatable bonds is 7. The summed E-state index contributed by atoms with van der Waals surface area (Å²) in [5, 5.41) is 3.78. The van der Waals surface area contributed by atoms with Crippen LogP contribution >= 0.6 is 0 Å². The Kier molecular flexibility index (Phi) is 5.67. The predicted molar refractivity (Wildman–Crippen MR) is 108 cm³/mol. The lowest BCUT2D eigenvalue weighted by molar-refractivity contribution is -0.123. The second kappa shape index (κ2) is 8.53. The fourth-order valence-electron chi connectivity index (χ4n) is 3.75. The number of likely N-dealkylation sites (tertiary alicyclic amines) is 1. The average Bonchev–Trinajstić information content (AvgIpc) is 3.41. The Morgan fingerprint density at radius 2 is 2.07 bits per heavy atom. The summed E-state index contributed by atoms with van der Waals surface area (Å²) in [7, 11) is 0. The van der Waals surface area contributed by atoms with E-state index in [9.17, 15) is 9.59 Å². The minimum absolute atomic E-state index is 0.0226. The van der Waals surface area contributed by atoms with E-state index in [0.717, 1.165) is 42.6 Å². The molecule has 152 valence electrons. The van der Waals surface area contributed by atoms with Crippen LogP contribution in [0.25, 0.3) is 11.0 Å². The molecule has 1 N–H and O–H groups in total. The minimum Gasteiger partial charge on any atom is -0.484 e. The van der Waals surface area contributed by atoms with Crippen LogP contribution in [0.4, 0.5) is 0 Å². The van der Waals surface area contributed by atoms with Gasteiger partial charge in [-0.1, -0.05) is 0 Å². The van der Waals surface area contributed by atoms with Gasteiger partial charge in [0, 0.05) is 24.1 Å². The van der Waals surface area contributed by atoms with Crippen LogP contribution in [0.1, 0.15) is 30.2 Å². The van der Waals surface area contributed by atoms with Crippen molar-refractivity contribution in [1.82, 2.24) is 10.2 Å². The number of hydrogen-bond acceptors (Lipinski definition) is 6. The molecule has 2 aromatic heterocycles. The van der Waals surface area contributed by atoms with Gasteiger partial charge in [-0.15, -0.1) is 0 Å². The van der Waals surface area contributed by atoms with Crippen molar-refractivity contribution in [2.75, 3.05) is 26.2 Å². The smallest absolute Gasteiger partial charge is 0.336 e. The van der Waals surface area contributed by atoms with Crippen molar-refractivity contribution in [3.8, 4) is 5.75 Å². The van der Waals surface area contributed by atoms with Gasteiger partial charge in [0.1, 0.15) is 17.1 Å². The Labute approximate surface area is 168 Å². The molecule has 0 radical (unpaired) electrons. The van der Waals surface area contributed by atoms with Crippen molar-refractivity contribution in [2.24, 2.45) is 0 Å². The van der Waals surface area contributed by atoms with E-state index in [1.807, 2.05) is 25.1 Å². The van der Waals surface area contributed by atoms with E-state index in [0.29, 0.717) is 17.9 Å². The third-order valence-electron chi connectivity index (χ3n) is 5.24. The molecule has 0 spiro atoms. The standard InChI is InChI=1S/C22H24N2O5/c1-15-11-22(26)29-20-12-16(6-7-17(15)20)28-14-21(25)23-13-18(19-5-4-10-27-19)24-8-2-3-9-24/h4-7,10-12,18H,2-3,8-9,13-14H2,1H3,(H,23,25)/t18-/m1/s1. The molecule has 1 aliphatic heterocycles. The van der Waals surface area contributed by atoms with Crippen LogP contribution in [-0.2, 0) is 4.79 Å². The quantitative estimate of drug-likeness (QED) is 0.618. The highest BCUT2D eigenvalue weighted by Crippen LogP contribution is 2.25. The monoisotopic (exact) mass is 396 g/mol. The molecule has 1 fully saturated rings. The topological polar surface area (TPSA) is 84.9 Å². The van der Waals surface area contributed by atoms with Gasteiger partial charge in [-0.3, -0.25) is 9.69 Å². The summed E-state index contributed by atoms with van der Waals surface area (Å²) in [5.74, 6) is 1.11. The number of ether oxygens (including phenoxy) is 1. The molecule has 7 heteroatoms. The number of carbonyl (C=O) groups excluding carboxylic acids is 1. The number of amides is 1. The zero-order valence-electron chi connectivity index (χ0n) is 16.3. The van der Waals surface area contributed by atoms with Gasteiger partial charge < -0.3 is 18.9 Å². The first-order valence-electron chi connectivity index (χ1n) is 9.81. The van der Waals surface area contributed by atoms with Crippen LogP contribution < -0.4 is 15.7 Å². The molecule has 0 bridgehead atoms. The predicted octanol–water partition coefficient (Wildman–Crippen LogP) is 3.03. The third-order valence-corrected chi connectivity index (χ3v) is 5.24. The molecule has 1 atom stereocenters. The van der Waals surface area contributed by atoms with Crippen molar-refractivity contribution in [3.05, 3.63) is 64.4 Å². The first-order valence-corrected chi connectivity index (χ1v) is 9.81. The van der Waals surface area contributed by atoms with Gasteiger partial charge in [-0.2, -0.15) is 0 Å². The molecule has 1 aliphatic rings. The number of nitrogens with zero attached hydrogens (tertiary/aromatic N) is 1. The van der Waals surface area contributed by atoms with E-state index in [1.165, 1.54) is 6.07 Å². The lowest BCUT2D eigenvalue weighted by Crippen LogP contribution is -2.38. The van der Waals surface area contributed by atoms with E-state index < -0.39 is 5.63 Å².